The van der Waals surface area contributed by atoms with E-state index < -0.39 is 0 Å². The molecule has 1 aliphatic carbocycles. The monoisotopic (exact) mass is 294 g/mol. The molecule has 0 spiro atoms. The highest BCUT2D eigenvalue weighted by Crippen LogP contribution is 2.34. The maximum absolute atomic E-state index is 11.6. The van der Waals surface area contributed by atoms with Crippen LogP contribution in [-0.2, 0) is 9.53 Å². The highest BCUT2D eigenvalue weighted by atomic mass is 16.5. The van der Waals surface area contributed by atoms with Crippen molar-refractivity contribution in [1.82, 2.24) is 16.0 Å². The van der Waals surface area contributed by atoms with E-state index in [-0.39, 0.29) is 5.91 Å². The Kier molecular flexibility index (Phi) is 4.63. The lowest BCUT2D eigenvalue weighted by atomic mass is 9.96. The number of fused-ring (bicyclic) bond motifs is 2. The number of aliphatic imine (C=N–C) groups is 1. The molecule has 2 saturated heterocycles. The number of ether oxygens (including phenoxy) is 1. The third-order valence-electron chi connectivity index (χ3n) is 4.47. The van der Waals surface area contributed by atoms with Crippen LogP contribution in [0.1, 0.15) is 44.9 Å². The first-order valence-corrected chi connectivity index (χ1v) is 8.16. The Morgan fingerprint density at radius 3 is 2.71 bits per heavy atom. The van der Waals surface area contributed by atoms with Gasteiger partial charge in [-0.2, -0.15) is 0 Å². The van der Waals surface area contributed by atoms with Gasteiger partial charge in [-0.1, -0.05) is 0 Å². The number of hydrogen-bond acceptors (Lipinski definition) is 3. The van der Waals surface area contributed by atoms with Gasteiger partial charge in [0.2, 0.25) is 5.91 Å². The molecule has 21 heavy (non-hydrogen) atoms. The summed E-state index contributed by atoms with van der Waals surface area (Å²) in [7, 11) is 1.78. The number of amides is 1. The van der Waals surface area contributed by atoms with Crippen LogP contribution in [0, 0.1) is 0 Å². The fraction of sp³-hybridized carbons (Fsp3) is 0.867. The van der Waals surface area contributed by atoms with Crippen molar-refractivity contribution in [3.05, 3.63) is 0 Å². The summed E-state index contributed by atoms with van der Waals surface area (Å²) in [6, 6.07) is 0.839. The van der Waals surface area contributed by atoms with Crippen LogP contribution in [-0.4, -0.2) is 49.8 Å². The van der Waals surface area contributed by atoms with Crippen LogP contribution >= 0.6 is 0 Å². The molecular formula is C15H26N4O2. The van der Waals surface area contributed by atoms with Gasteiger partial charge in [0.1, 0.15) is 0 Å². The number of carbonyl (C=O) groups is 1. The number of nitrogens with zero attached hydrogens (tertiary/aromatic N) is 1. The van der Waals surface area contributed by atoms with Crippen LogP contribution in [0.15, 0.2) is 4.99 Å². The summed E-state index contributed by atoms with van der Waals surface area (Å²) < 4.78 is 5.83. The molecule has 3 unspecified atom stereocenters. The van der Waals surface area contributed by atoms with Gasteiger partial charge in [0.15, 0.2) is 5.96 Å². The Hall–Kier alpha value is -1.30. The van der Waals surface area contributed by atoms with Gasteiger partial charge < -0.3 is 20.7 Å². The minimum absolute atomic E-state index is 0.170. The molecule has 0 aromatic carbocycles. The Morgan fingerprint density at radius 1 is 1.24 bits per heavy atom. The smallest absolute Gasteiger partial charge is 0.220 e. The lowest BCUT2D eigenvalue weighted by Crippen LogP contribution is -2.47. The van der Waals surface area contributed by atoms with Gasteiger partial charge in [-0.25, -0.2) is 0 Å². The molecule has 2 heterocycles. The third kappa shape index (κ3) is 4.09. The summed E-state index contributed by atoms with van der Waals surface area (Å²) >= 11 is 0. The molecule has 6 heteroatoms. The molecule has 0 radical (unpaired) electrons. The van der Waals surface area contributed by atoms with E-state index >= 15 is 0 Å². The van der Waals surface area contributed by atoms with Crippen LogP contribution in [0.5, 0.6) is 0 Å². The quantitative estimate of drug-likeness (QED) is 0.379. The third-order valence-corrected chi connectivity index (χ3v) is 4.47. The van der Waals surface area contributed by atoms with Gasteiger partial charge in [-0.3, -0.25) is 9.79 Å². The summed E-state index contributed by atoms with van der Waals surface area (Å²) in [5, 5.41) is 9.73. The molecule has 3 atom stereocenters. The minimum atomic E-state index is 0.170. The zero-order valence-electron chi connectivity index (χ0n) is 12.7. The number of hydrogen-bond donors (Lipinski definition) is 3. The fourth-order valence-corrected chi connectivity index (χ4v) is 3.14. The summed E-state index contributed by atoms with van der Waals surface area (Å²) in [5.41, 5.74) is 0. The van der Waals surface area contributed by atoms with E-state index in [2.05, 4.69) is 20.9 Å². The molecule has 1 saturated carbocycles. The van der Waals surface area contributed by atoms with Crippen molar-refractivity contribution in [2.45, 2.75) is 69.2 Å². The maximum Gasteiger partial charge on any atom is 0.220 e. The standard InChI is InChI=1S/C15H26N4O2/c1-16-15(19-12-9-11-6-7-13(12)21-11)17-8-2-3-14(20)18-10-4-5-10/h10-13H,2-9H2,1H3,(H,18,20)(H2,16,17,19). The zero-order chi connectivity index (χ0) is 14.7. The molecule has 2 aliphatic heterocycles. The second-order valence-corrected chi connectivity index (χ2v) is 6.30. The highest BCUT2D eigenvalue weighted by molar-refractivity contribution is 5.80. The summed E-state index contributed by atoms with van der Waals surface area (Å²) in [5.74, 6) is 0.988. The Labute approximate surface area is 126 Å². The summed E-state index contributed by atoms with van der Waals surface area (Å²) in [6.45, 7) is 0.763. The van der Waals surface area contributed by atoms with E-state index in [9.17, 15) is 4.79 Å². The number of guanidine groups is 1. The summed E-state index contributed by atoms with van der Waals surface area (Å²) in [6.07, 6.45) is 7.91. The lowest BCUT2D eigenvalue weighted by molar-refractivity contribution is -0.121. The molecule has 3 N–H and O–H groups in total. The molecular weight excluding hydrogens is 268 g/mol. The Balaban J connectivity index is 1.30. The average molecular weight is 294 g/mol. The van der Waals surface area contributed by atoms with Crippen LogP contribution in [0.3, 0.4) is 0 Å². The first-order valence-electron chi connectivity index (χ1n) is 8.16. The summed E-state index contributed by atoms with van der Waals surface area (Å²) in [4.78, 5) is 15.8. The van der Waals surface area contributed by atoms with Gasteiger partial charge in [0, 0.05) is 26.1 Å². The number of rotatable bonds is 6. The van der Waals surface area contributed by atoms with Gasteiger partial charge in [0.25, 0.3) is 0 Å². The van der Waals surface area contributed by atoms with Crippen molar-refractivity contribution in [2.24, 2.45) is 4.99 Å². The van der Waals surface area contributed by atoms with Crippen molar-refractivity contribution >= 4 is 11.9 Å². The second kappa shape index (κ2) is 6.64. The first-order chi connectivity index (χ1) is 10.2. The van der Waals surface area contributed by atoms with E-state index in [1.165, 1.54) is 6.42 Å². The van der Waals surface area contributed by atoms with Gasteiger partial charge in [-0.05, 0) is 38.5 Å². The molecule has 3 rings (SSSR count). The molecule has 3 aliphatic rings. The van der Waals surface area contributed by atoms with E-state index in [1.54, 1.807) is 7.05 Å². The van der Waals surface area contributed by atoms with Gasteiger partial charge >= 0.3 is 0 Å². The molecule has 118 valence electrons. The van der Waals surface area contributed by atoms with E-state index in [0.717, 1.165) is 44.6 Å². The number of carbonyl (C=O) groups excluding carboxylic acids is 1. The normalized spacial score (nSPS) is 31.3. The topological polar surface area (TPSA) is 74.8 Å². The minimum Gasteiger partial charge on any atom is -0.373 e. The van der Waals surface area contributed by atoms with Crippen molar-refractivity contribution < 1.29 is 9.53 Å². The fourth-order valence-electron chi connectivity index (χ4n) is 3.14. The maximum atomic E-state index is 11.6. The molecule has 0 aromatic heterocycles. The van der Waals surface area contributed by atoms with Crippen LogP contribution in [0.4, 0.5) is 0 Å². The molecule has 2 bridgehead atoms. The lowest BCUT2D eigenvalue weighted by Gasteiger charge is -2.22. The van der Waals surface area contributed by atoms with Gasteiger partial charge in [-0.15, -0.1) is 0 Å². The van der Waals surface area contributed by atoms with E-state index in [4.69, 9.17) is 4.74 Å². The first kappa shape index (κ1) is 14.6. The zero-order valence-corrected chi connectivity index (χ0v) is 12.7. The number of nitrogens with one attached hydrogen (secondary N) is 3. The largest absolute Gasteiger partial charge is 0.373 e. The van der Waals surface area contributed by atoms with Crippen molar-refractivity contribution in [3.8, 4) is 0 Å². The predicted molar refractivity (Wildman–Crippen MR) is 81.2 cm³/mol. The molecule has 0 aromatic rings. The predicted octanol–water partition coefficient (Wildman–Crippen LogP) is 0.530. The van der Waals surface area contributed by atoms with Crippen LogP contribution in [0.25, 0.3) is 0 Å². The Morgan fingerprint density at radius 2 is 2.10 bits per heavy atom. The molecule has 3 fully saturated rings. The van der Waals surface area contributed by atoms with Crippen molar-refractivity contribution in [1.29, 1.82) is 0 Å². The van der Waals surface area contributed by atoms with Crippen LogP contribution in [0.2, 0.25) is 0 Å². The SMILES string of the molecule is CN=C(NCCCC(=O)NC1CC1)NC1CC2CCC1O2. The van der Waals surface area contributed by atoms with E-state index in [0.29, 0.717) is 30.7 Å². The van der Waals surface area contributed by atoms with Crippen molar-refractivity contribution in [2.75, 3.05) is 13.6 Å². The Bertz CT molecular complexity index is 408. The average Bonchev–Trinajstić information content (AvgIpc) is 3.04. The molecule has 6 nitrogen and oxygen atoms in total. The van der Waals surface area contributed by atoms with Crippen LogP contribution < -0.4 is 16.0 Å². The molecule has 1 amide bonds. The van der Waals surface area contributed by atoms with Crippen molar-refractivity contribution in [3.63, 3.8) is 0 Å². The van der Waals surface area contributed by atoms with Gasteiger partial charge in [0.05, 0.1) is 18.2 Å². The van der Waals surface area contributed by atoms with E-state index in [1.807, 2.05) is 0 Å². The second-order valence-electron chi connectivity index (χ2n) is 6.30. The highest BCUT2D eigenvalue weighted by Gasteiger charge is 2.41.